The van der Waals surface area contributed by atoms with E-state index in [1.54, 1.807) is 5.56 Å². The topological polar surface area (TPSA) is 23.6 Å². The van der Waals surface area contributed by atoms with Crippen LogP contribution in [-0.4, -0.2) is 29.9 Å². The molecular formula is C23H26N2O. The molecule has 3 aliphatic rings. The van der Waals surface area contributed by atoms with Crippen LogP contribution in [0.25, 0.3) is 0 Å². The predicted molar refractivity (Wildman–Crippen MR) is 104 cm³/mol. The summed E-state index contributed by atoms with van der Waals surface area (Å²) in [5.74, 6) is 0.285. The van der Waals surface area contributed by atoms with Gasteiger partial charge in [-0.25, -0.2) is 0 Å². The summed E-state index contributed by atoms with van der Waals surface area (Å²) in [5, 5.41) is 0. The van der Waals surface area contributed by atoms with Gasteiger partial charge in [0.2, 0.25) is 5.91 Å². The summed E-state index contributed by atoms with van der Waals surface area (Å²) in [6.07, 6.45) is 6.53. The Morgan fingerprint density at radius 1 is 0.846 bits per heavy atom. The molecule has 1 saturated heterocycles. The minimum Gasteiger partial charge on any atom is -0.309 e. The Kier molecular flexibility index (Phi) is 4.05. The Morgan fingerprint density at radius 3 is 2.42 bits per heavy atom. The standard InChI is InChI=1S/C23H26N2O/c26-23-16-18-7-2-4-10-21(18)25(23)19-12-14-24(15-13-19)22-11-5-8-17-6-1-3-9-20(17)22/h1-4,6-7,9-10,19,22H,5,8,11-16H2. The summed E-state index contributed by atoms with van der Waals surface area (Å²) >= 11 is 0. The van der Waals surface area contributed by atoms with Gasteiger partial charge in [0.05, 0.1) is 6.42 Å². The SMILES string of the molecule is O=C1Cc2ccccc2N1C1CCN(C2CCCc3ccccc32)CC1. The van der Waals surface area contributed by atoms with Crippen LogP contribution in [0.1, 0.15) is 48.4 Å². The lowest BCUT2D eigenvalue weighted by Gasteiger charge is -2.42. The van der Waals surface area contributed by atoms with E-state index in [1.165, 1.54) is 30.4 Å². The Labute approximate surface area is 155 Å². The van der Waals surface area contributed by atoms with E-state index in [2.05, 4.69) is 52.3 Å². The Morgan fingerprint density at radius 2 is 1.58 bits per heavy atom. The quantitative estimate of drug-likeness (QED) is 0.817. The van der Waals surface area contributed by atoms with Gasteiger partial charge in [-0.15, -0.1) is 0 Å². The van der Waals surface area contributed by atoms with Crippen LogP contribution < -0.4 is 4.90 Å². The molecule has 2 aliphatic heterocycles. The fourth-order valence-corrected chi connectivity index (χ4v) is 5.24. The number of carbonyl (C=O) groups is 1. The van der Waals surface area contributed by atoms with Gasteiger partial charge in [0.15, 0.2) is 0 Å². The zero-order chi connectivity index (χ0) is 17.5. The van der Waals surface area contributed by atoms with Crippen molar-refractivity contribution in [2.24, 2.45) is 0 Å². The lowest BCUT2D eigenvalue weighted by Crippen LogP contribution is -2.47. The molecule has 3 nitrogen and oxygen atoms in total. The second-order valence-corrected chi connectivity index (χ2v) is 7.94. The molecule has 1 aliphatic carbocycles. The molecule has 26 heavy (non-hydrogen) atoms. The van der Waals surface area contributed by atoms with E-state index < -0.39 is 0 Å². The monoisotopic (exact) mass is 346 g/mol. The van der Waals surface area contributed by atoms with Gasteiger partial charge in [-0.05, 0) is 54.9 Å². The maximum Gasteiger partial charge on any atom is 0.231 e. The number of aryl methyl sites for hydroxylation is 1. The third kappa shape index (κ3) is 2.66. The summed E-state index contributed by atoms with van der Waals surface area (Å²) < 4.78 is 0. The number of piperidine rings is 1. The Balaban J connectivity index is 1.31. The zero-order valence-corrected chi connectivity index (χ0v) is 15.2. The van der Waals surface area contributed by atoms with Crippen molar-refractivity contribution in [3.05, 3.63) is 65.2 Å². The van der Waals surface area contributed by atoms with Crippen molar-refractivity contribution in [2.45, 2.75) is 50.6 Å². The van der Waals surface area contributed by atoms with E-state index in [4.69, 9.17) is 0 Å². The minimum absolute atomic E-state index is 0.285. The average Bonchev–Trinajstić information content (AvgIpc) is 3.03. The smallest absolute Gasteiger partial charge is 0.231 e. The van der Waals surface area contributed by atoms with Gasteiger partial charge in [0.25, 0.3) is 0 Å². The van der Waals surface area contributed by atoms with Crippen molar-refractivity contribution in [3.8, 4) is 0 Å². The van der Waals surface area contributed by atoms with Crippen LogP contribution in [0.3, 0.4) is 0 Å². The molecule has 2 heterocycles. The minimum atomic E-state index is 0.285. The van der Waals surface area contributed by atoms with Gasteiger partial charge >= 0.3 is 0 Å². The van der Waals surface area contributed by atoms with E-state index in [9.17, 15) is 4.79 Å². The highest BCUT2D eigenvalue weighted by atomic mass is 16.2. The fourth-order valence-electron chi connectivity index (χ4n) is 5.24. The molecule has 1 unspecified atom stereocenters. The molecule has 0 spiro atoms. The van der Waals surface area contributed by atoms with Gasteiger partial charge < -0.3 is 4.90 Å². The molecule has 2 aromatic carbocycles. The number of anilines is 1. The summed E-state index contributed by atoms with van der Waals surface area (Å²) in [6, 6.07) is 18.2. The molecule has 0 saturated carbocycles. The van der Waals surface area contributed by atoms with E-state index in [-0.39, 0.29) is 5.91 Å². The van der Waals surface area contributed by atoms with Gasteiger partial charge in [-0.3, -0.25) is 9.69 Å². The van der Waals surface area contributed by atoms with Crippen LogP contribution in [-0.2, 0) is 17.6 Å². The normalized spacial score (nSPS) is 23.8. The lowest BCUT2D eigenvalue weighted by atomic mass is 9.85. The first kappa shape index (κ1) is 16.1. The summed E-state index contributed by atoms with van der Waals surface area (Å²) in [7, 11) is 0. The van der Waals surface area contributed by atoms with Crippen molar-refractivity contribution in [1.82, 2.24) is 4.90 Å². The number of carbonyl (C=O) groups excluding carboxylic acids is 1. The first-order valence-corrected chi connectivity index (χ1v) is 10.0. The fraction of sp³-hybridized carbons (Fsp3) is 0.435. The van der Waals surface area contributed by atoms with E-state index in [1.807, 2.05) is 6.07 Å². The van der Waals surface area contributed by atoms with Gasteiger partial charge in [-0.2, -0.15) is 0 Å². The van der Waals surface area contributed by atoms with Gasteiger partial charge in [0.1, 0.15) is 0 Å². The Bertz CT molecular complexity index is 822. The first-order chi connectivity index (χ1) is 12.8. The highest BCUT2D eigenvalue weighted by Gasteiger charge is 2.36. The molecule has 0 radical (unpaired) electrons. The van der Waals surface area contributed by atoms with E-state index in [0.29, 0.717) is 18.5 Å². The largest absolute Gasteiger partial charge is 0.309 e. The van der Waals surface area contributed by atoms with Crippen molar-refractivity contribution in [3.63, 3.8) is 0 Å². The number of rotatable bonds is 2. The number of hydrogen-bond acceptors (Lipinski definition) is 2. The van der Waals surface area contributed by atoms with Crippen molar-refractivity contribution >= 4 is 11.6 Å². The maximum absolute atomic E-state index is 12.6. The molecule has 134 valence electrons. The molecule has 0 N–H and O–H groups in total. The van der Waals surface area contributed by atoms with E-state index in [0.717, 1.165) is 31.6 Å². The molecule has 0 bridgehead atoms. The lowest BCUT2D eigenvalue weighted by molar-refractivity contribution is -0.118. The third-order valence-electron chi connectivity index (χ3n) is 6.50. The third-order valence-corrected chi connectivity index (χ3v) is 6.50. The molecule has 5 rings (SSSR count). The number of hydrogen-bond donors (Lipinski definition) is 0. The van der Waals surface area contributed by atoms with Crippen LogP contribution >= 0.6 is 0 Å². The molecule has 3 heteroatoms. The zero-order valence-electron chi connectivity index (χ0n) is 15.2. The molecule has 1 amide bonds. The molecule has 2 aromatic rings. The van der Waals surface area contributed by atoms with Gasteiger partial charge in [0, 0.05) is 30.9 Å². The molecule has 0 aromatic heterocycles. The number of amides is 1. The highest BCUT2D eigenvalue weighted by molar-refractivity contribution is 6.01. The summed E-state index contributed by atoms with van der Waals surface area (Å²) in [5.41, 5.74) is 5.43. The van der Waals surface area contributed by atoms with Crippen LogP contribution in [0.5, 0.6) is 0 Å². The van der Waals surface area contributed by atoms with Crippen molar-refractivity contribution in [1.29, 1.82) is 0 Å². The second-order valence-electron chi connectivity index (χ2n) is 7.94. The van der Waals surface area contributed by atoms with Crippen LogP contribution in [0.15, 0.2) is 48.5 Å². The summed E-state index contributed by atoms with van der Waals surface area (Å²) in [6.45, 7) is 2.19. The average molecular weight is 346 g/mol. The van der Waals surface area contributed by atoms with Crippen LogP contribution in [0, 0.1) is 0 Å². The number of nitrogens with zero attached hydrogens (tertiary/aromatic N) is 2. The molecular weight excluding hydrogens is 320 g/mol. The number of para-hydroxylation sites is 1. The number of likely N-dealkylation sites (tertiary alicyclic amines) is 1. The first-order valence-electron chi connectivity index (χ1n) is 10.0. The Hall–Kier alpha value is -2.13. The van der Waals surface area contributed by atoms with Crippen molar-refractivity contribution in [2.75, 3.05) is 18.0 Å². The van der Waals surface area contributed by atoms with Gasteiger partial charge in [-0.1, -0.05) is 42.5 Å². The predicted octanol–water partition coefficient (Wildman–Crippen LogP) is 4.12. The molecule has 1 atom stereocenters. The van der Waals surface area contributed by atoms with Crippen LogP contribution in [0.4, 0.5) is 5.69 Å². The number of benzene rings is 2. The van der Waals surface area contributed by atoms with Crippen LogP contribution in [0.2, 0.25) is 0 Å². The second kappa shape index (κ2) is 6.55. The van der Waals surface area contributed by atoms with E-state index >= 15 is 0 Å². The highest BCUT2D eigenvalue weighted by Crippen LogP contribution is 2.38. The molecule has 1 fully saturated rings. The van der Waals surface area contributed by atoms with Crippen molar-refractivity contribution < 1.29 is 4.79 Å². The summed E-state index contributed by atoms with van der Waals surface area (Å²) in [4.78, 5) is 17.4. The number of fused-ring (bicyclic) bond motifs is 2. The maximum atomic E-state index is 12.6.